The minimum absolute atomic E-state index is 0.281. The van der Waals surface area contributed by atoms with Gasteiger partial charge in [0.15, 0.2) is 0 Å². The second-order valence-corrected chi connectivity index (χ2v) is 5.97. The number of carbonyl (C=O) groups is 1. The van der Waals surface area contributed by atoms with Crippen molar-refractivity contribution < 1.29 is 9.53 Å². The van der Waals surface area contributed by atoms with Gasteiger partial charge in [0.2, 0.25) is 5.91 Å². The van der Waals surface area contributed by atoms with Crippen LogP contribution in [0, 0.1) is 0 Å². The molecule has 0 atom stereocenters. The van der Waals surface area contributed by atoms with Crippen molar-refractivity contribution in [2.45, 2.75) is 26.3 Å². The van der Waals surface area contributed by atoms with Crippen LogP contribution < -0.4 is 4.74 Å². The van der Waals surface area contributed by atoms with E-state index >= 15 is 0 Å². The van der Waals surface area contributed by atoms with Gasteiger partial charge in [-0.05, 0) is 18.6 Å². The summed E-state index contributed by atoms with van der Waals surface area (Å²) < 4.78 is 5.24. The van der Waals surface area contributed by atoms with Crippen LogP contribution >= 0.6 is 0 Å². The zero-order valence-electron chi connectivity index (χ0n) is 13.8. The van der Waals surface area contributed by atoms with Gasteiger partial charge in [-0.3, -0.25) is 9.69 Å². The van der Waals surface area contributed by atoms with Gasteiger partial charge in [0.25, 0.3) is 0 Å². The third-order valence-corrected chi connectivity index (χ3v) is 4.30. The van der Waals surface area contributed by atoms with Gasteiger partial charge in [0.1, 0.15) is 11.6 Å². The van der Waals surface area contributed by atoms with Gasteiger partial charge in [-0.15, -0.1) is 0 Å². The Morgan fingerprint density at radius 3 is 2.78 bits per heavy atom. The highest BCUT2D eigenvalue weighted by atomic mass is 16.5. The van der Waals surface area contributed by atoms with E-state index in [4.69, 9.17) is 4.74 Å². The van der Waals surface area contributed by atoms with Crippen molar-refractivity contribution in [3.05, 3.63) is 24.0 Å². The van der Waals surface area contributed by atoms with Crippen molar-refractivity contribution in [2.75, 3.05) is 33.3 Å². The topological polar surface area (TPSA) is 61.5 Å². The monoisotopic (exact) mass is 316 g/mol. The van der Waals surface area contributed by atoms with Crippen LogP contribution in [0.1, 0.15) is 25.6 Å². The molecule has 1 aromatic carbocycles. The SMILES string of the molecule is CCCC(=O)N1CCN(Cc2nc3ccc(OC)cc3[nH]2)CC1. The molecule has 6 heteroatoms. The normalized spacial score (nSPS) is 16.0. The largest absolute Gasteiger partial charge is 0.497 e. The summed E-state index contributed by atoms with van der Waals surface area (Å²) in [7, 11) is 1.66. The Kier molecular flexibility index (Phi) is 4.81. The number of rotatable bonds is 5. The molecule has 0 unspecified atom stereocenters. The average Bonchev–Trinajstić information content (AvgIpc) is 2.96. The first-order chi connectivity index (χ1) is 11.2. The van der Waals surface area contributed by atoms with E-state index in [9.17, 15) is 4.79 Å². The zero-order chi connectivity index (χ0) is 16.2. The highest BCUT2D eigenvalue weighted by molar-refractivity contribution is 5.77. The minimum Gasteiger partial charge on any atom is -0.497 e. The van der Waals surface area contributed by atoms with Crippen LogP contribution in [-0.4, -0.2) is 59.0 Å². The molecule has 0 bridgehead atoms. The molecule has 124 valence electrons. The summed E-state index contributed by atoms with van der Waals surface area (Å²) in [5, 5.41) is 0. The number of imidazole rings is 1. The number of ether oxygens (including phenoxy) is 1. The smallest absolute Gasteiger partial charge is 0.222 e. The number of amides is 1. The molecule has 6 nitrogen and oxygen atoms in total. The van der Waals surface area contributed by atoms with Crippen molar-refractivity contribution >= 4 is 16.9 Å². The summed E-state index contributed by atoms with van der Waals surface area (Å²) in [6.45, 7) is 6.25. The van der Waals surface area contributed by atoms with Gasteiger partial charge in [-0.2, -0.15) is 0 Å². The lowest BCUT2D eigenvalue weighted by atomic mass is 10.2. The summed E-state index contributed by atoms with van der Waals surface area (Å²) in [6.07, 6.45) is 1.58. The van der Waals surface area contributed by atoms with E-state index < -0.39 is 0 Å². The molecule has 1 N–H and O–H groups in total. The number of piperazine rings is 1. The highest BCUT2D eigenvalue weighted by Gasteiger charge is 2.21. The van der Waals surface area contributed by atoms with Crippen LogP contribution in [0.4, 0.5) is 0 Å². The van der Waals surface area contributed by atoms with Crippen molar-refractivity contribution in [3.63, 3.8) is 0 Å². The lowest BCUT2D eigenvalue weighted by Gasteiger charge is -2.34. The summed E-state index contributed by atoms with van der Waals surface area (Å²) >= 11 is 0. The Morgan fingerprint density at radius 2 is 2.09 bits per heavy atom. The Balaban J connectivity index is 1.59. The Morgan fingerprint density at radius 1 is 1.30 bits per heavy atom. The van der Waals surface area contributed by atoms with Crippen LogP contribution in [0.2, 0.25) is 0 Å². The molecular formula is C17H24N4O2. The van der Waals surface area contributed by atoms with E-state index in [1.807, 2.05) is 30.0 Å². The van der Waals surface area contributed by atoms with Gasteiger partial charge < -0.3 is 14.6 Å². The van der Waals surface area contributed by atoms with Gasteiger partial charge in [0, 0.05) is 38.7 Å². The van der Waals surface area contributed by atoms with E-state index in [0.29, 0.717) is 6.42 Å². The van der Waals surface area contributed by atoms with Gasteiger partial charge in [0.05, 0.1) is 24.7 Å². The fourth-order valence-corrected chi connectivity index (χ4v) is 2.98. The lowest BCUT2D eigenvalue weighted by molar-refractivity contribution is -0.133. The number of nitrogens with one attached hydrogen (secondary N) is 1. The Hall–Kier alpha value is -2.08. The summed E-state index contributed by atoms with van der Waals surface area (Å²) in [4.78, 5) is 24.2. The molecule has 0 aliphatic carbocycles. The number of hydrogen-bond donors (Lipinski definition) is 1. The summed E-state index contributed by atoms with van der Waals surface area (Å²) in [6, 6.07) is 5.85. The molecule has 1 aliphatic heterocycles. The first-order valence-electron chi connectivity index (χ1n) is 8.22. The molecular weight excluding hydrogens is 292 g/mol. The number of methoxy groups -OCH3 is 1. The molecule has 3 rings (SSSR count). The fraction of sp³-hybridized carbons (Fsp3) is 0.529. The Bertz CT molecular complexity index is 674. The first kappa shape index (κ1) is 15.8. The second kappa shape index (κ2) is 7.00. The van der Waals surface area contributed by atoms with Crippen molar-refractivity contribution in [1.82, 2.24) is 19.8 Å². The average molecular weight is 316 g/mol. The van der Waals surface area contributed by atoms with E-state index in [1.54, 1.807) is 7.11 Å². The first-order valence-corrected chi connectivity index (χ1v) is 8.22. The summed E-state index contributed by atoms with van der Waals surface area (Å²) in [5.74, 6) is 2.07. The van der Waals surface area contributed by atoms with E-state index in [-0.39, 0.29) is 5.91 Å². The summed E-state index contributed by atoms with van der Waals surface area (Å²) in [5.41, 5.74) is 1.95. The van der Waals surface area contributed by atoms with Gasteiger partial charge in [-0.1, -0.05) is 6.92 Å². The molecule has 1 aromatic heterocycles. The number of carbonyl (C=O) groups excluding carboxylic acids is 1. The molecule has 1 fully saturated rings. The molecule has 1 aliphatic rings. The number of aromatic amines is 1. The molecule has 2 heterocycles. The zero-order valence-corrected chi connectivity index (χ0v) is 13.8. The second-order valence-electron chi connectivity index (χ2n) is 5.97. The maximum atomic E-state index is 11.9. The predicted molar refractivity (Wildman–Crippen MR) is 89.4 cm³/mol. The van der Waals surface area contributed by atoms with Crippen LogP contribution in [0.3, 0.4) is 0 Å². The van der Waals surface area contributed by atoms with Crippen LogP contribution in [-0.2, 0) is 11.3 Å². The molecule has 23 heavy (non-hydrogen) atoms. The van der Waals surface area contributed by atoms with Crippen molar-refractivity contribution in [2.24, 2.45) is 0 Å². The predicted octanol–water partition coefficient (Wildman–Crippen LogP) is 2.02. The molecule has 0 radical (unpaired) electrons. The number of fused-ring (bicyclic) bond motifs is 1. The standard InChI is InChI=1S/C17H24N4O2/c1-3-4-17(22)21-9-7-20(8-10-21)12-16-18-14-6-5-13(23-2)11-15(14)19-16/h5-6,11H,3-4,7-10,12H2,1-2H3,(H,18,19). The molecule has 0 spiro atoms. The van der Waals surface area contributed by atoms with Crippen LogP contribution in [0.15, 0.2) is 18.2 Å². The van der Waals surface area contributed by atoms with E-state index in [0.717, 1.165) is 61.8 Å². The van der Waals surface area contributed by atoms with Gasteiger partial charge >= 0.3 is 0 Å². The molecule has 0 saturated carbocycles. The fourth-order valence-electron chi connectivity index (χ4n) is 2.98. The van der Waals surface area contributed by atoms with E-state index in [1.165, 1.54) is 0 Å². The van der Waals surface area contributed by atoms with Crippen molar-refractivity contribution in [3.8, 4) is 5.75 Å². The third-order valence-electron chi connectivity index (χ3n) is 4.30. The third kappa shape index (κ3) is 3.64. The van der Waals surface area contributed by atoms with Gasteiger partial charge in [-0.25, -0.2) is 4.98 Å². The Labute approximate surface area is 136 Å². The number of aromatic nitrogens is 2. The van der Waals surface area contributed by atoms with Crippen LogP contribution in [0.5, 0.6) is 5.75 Å². The number of H-pyrrole nitrogens is 1. The van der Waals surface area contributed by atoms with Crippen molar-refractivity contribution in [1.29, 1.82) is 0 Å². The number of nitrogens with zero attached hydrogens (tertiary/aromatic N) is 3. The molecule has 2 aromatic rings. The molecule has 1 amide bonds. The lowest BCUT2D eigenvalue weighted by Crippen LogP contribution is -2.48. The maximum Gasteiger partial charge on any atom is 0.222 e. The maximum absolute atomic E-state index is 11.9. The highest BCUT2D eigenvalue weighted by Crippen LogP contribution is 2.19. The minimum atomic E-state index is 0.281. The number of benzene rings is 1. The molecule has 1 saturated heterocycles. The van der Waals surface area contributed by atoms with Crippen LogP contribution in [0.25, 0.3) is 11.0 Å². The van der Waals surface area contributed by atoms with E-state index in [2.05, 4.69) is 14.9 Å². The quantitative estimate of drug-likeness (QED) is 0.917. The number of hydrogen-bond acceptors (Lipinski definition) is 4.